The molecule has 0 bridgehead atoms. The number of aliphatic imine (C=N–C) groups is 4. The van der Waals surface area contributed by atoms with Crippen molar-refractivity contribution in [1.29, 1.82) is 5.26 Å². The van der Waals surface area contributed by atoms with Crippen LogP contribution in [-0.4, -0.2) is 292 Å². The number of nitriles is 1. The maximum atomic E-state index is 11.7. The molecule has 145 heavy (non-hydrogen) atoms. The van der Waals surface area contributed by atoms with Crippen molar-refractivity contribution in [2.75, 3.05) is 134 Å². The Morgan fingerprint density at radius 3 is 1.39 bits per heavy atom. The Morgan fingerprint density at radius 1 is 0.593 bits per heavy atom. The van der Waals surface area contributed by atoms with Gasteiger partial charge in [-0.1, -0.05) is 151 Å². The number of Topliss-reactive ketones (excluding diaryl/α,β-unsaturated/α-hetero) is 1. The van der Waals surface area contributed by atoms with Gasteiger partial charge in [-0.25, -0.2) is 49.5 Å². The molecule has 6 aliphatic heterocycles. The number of nitrogens with one attached hydrogen (secondary N) is 1. The number of carbonyl (C=O) groups excluding carboxylic acids is 8. The number of carboxylic acid groups (broad SMARTS) is 1. The second-order valence-electron chi connectivity index (χ2n) is 28.7. The van der Waals surface area contributed by atoms with Gasteiger partial charge in [-0.2, -0.15) is 5.26 Å². The van der Waals surface area contributed by atoms with Gasteiger partial charge in [0.2, 0.25) is 21.3 Å². The Morgan fingerprint density at radius 2 is 0.986 bits per heavy atom. The summed E-state index contributed by atoms with van der Waals surface area (Å²) in [6, 6.07) is 42.6. The van der Waals surface area contributed by atoms with Gasteiger partial charge < -0.3 is 88.9 Å². The van der Waals surface area contributed by atoms with Gasteiger partial charge in [0.1, 0.15) is 23.7 Å². The number of methoxy groups -OCH3 is 6. The number of alkyl halides is 1. The zero-order valence-electron chi connectivity index (χ0n) is 83.6. The van der Waals surface area contributed by atoms with E-state index in [1.54, 1.807) is 38.2 Å². The van der Waals surface area contributed by atoms with E-state index < -0.39 is 45.7 Å². The summed E-state index contributed by atoms with van der Waals surface area (Å²) in [7, 11) is 19.8. The van der Waals surface area contributed by atoms with Crippen molar-refractivity contribution in [2.24, 2.45) is 24.3 Å². The second kappa shape index (κ2) is 90.3. The van der Waals surface area contributed by atoms with Crippen molar-refractivity contribution < 1.29 is 168 Å². The van der Waals surface area contributed by atoms with Crippen molar-refractivity contribution in [2.45, 2.75) is 174 Å². The van der Waals surface area contributed by atoms with Crippen molar-refractivity contribution in [1.82, 2.24) is 39.1 Å². The van der Waals surface area contributed by atoms with E-state index in [4.69, 9.17) is 75.8 Å². The largest absolute Gasteiger partial charge is 1.00 e. The zero-order chi connectivity index (χ0) is 104. The molecule has 0 unspecified atom stereocenters. The number of rotatable bonds is 36. The number of imidazole rings is 2. The fraction of sp³-hybridized carbons (Fsp3) is 0.465. The van der Waals surface area contributed by atoms with Crippen LogP contribution in [0.5, 0.6) is 0 Å². The first-order valence-electron chi connectivity index (χ1n) is 44.1. The quantitative estimate of drug-likeness (QED) is 0.00233. The van der Waals surface area contributed by atoms with E-state index in [1.807, 2.05) is 128 Å². The molecule has 12 rings (SSSR count). The molecule has 2 aromatic heterocycles. The van der Waals surface area contributed by atoms with Crippen LogP contribution in [0, 0.1) is 17.9 Å². The van der Waals surface area contributed by atoms with Crippen LogP contribution in [0.15, 0.2) is 203 Å². The average Bonchev–Trinajstić information content (AvgIpc) is 1.66. The molecule has 0 spiro atoms. The smallest absolute Gasteiger partial charge is 1.00 e. The van der Waals surface area contributed by atoms with Crippen LogP contribution in [0.4, 0.5) is 0 Å². The summed E-state index contributed by atoms with van der Waals surface area (Å²) in [4.78, 5) is 132. The van der Waals surface area contributed by atoms with E-state index in [-0.39, 0.29) is 130 Å². The van der Waals surface area contributed by atoms with E-state index in [2.05, 4.69) is 152 Å². The number of hydrogen-bond donors (Lipinski definition) is 5. The molecule has 46 heteroatoms. The maximum absolute atomic E-state index is 11.7. The van der Waals surface area contributed by atoms with Crippen molar-refractivity contribution in [3.8, 4) is 6.07 Å². The van der Waals surface area contributed by atoms with Gasteiger partial charge in [0.05, 0.1) is 79.9 Å². The van der Waals surface area contributed by atoms with E-state index >= 15 is 0 Å². The van der Waals surface area contributed by atoms with E-state index in [1.165, 1.54) is 77.5 Å². The summed E-state index contributed by atoms with van der Waals surface area (Å²) < 4.78 is 64.4. The Hall–Kier alpha value is -10.0. The predicted molar refractivity (Wildman–Crippen MR) is 563 cm³/mol. The number of nitrogens with zero attached hydrogens (tertiary/aromatic N) is 14. The van der Waals surface area contributed by atoms with Crippen LogP contribution in [0.25, 0.3) is 4.85 Å². The summed E-state index contributed by atoms with van der Waals surface area (Å²) in [6.45, 7) is 28.8. The molecule has 4 aromatic carbocycles. The number of aldehydes is 1. The second-order valence-corrected chi connectivity index (χ2v) is 31.9. The first-order chi connectivity index (χ1) is 67.6. The summed E-state index contributed by atoms with van der Waals surface area (Å²) in [5.74, 6) is -2.72. The van der Waals surface area contributed by atoms with Crippen LogP contribution < -0.4 is 56.7 Å². The molecule has 0 saturated carbocycles. The number of ketones is 1. The molecule has 1 radical (unpaired) electrons. The number of ether oxygens (including phenoxy) is 10. The number of benzene rings is 4. The number of aliphatic hydroxyl groups is 2. The Labute approximate surface area is 919 Å². The molecule has 39 nitrogen and oxygen atoms in total. The molecule has 795 valence electrons. The molecule has 8 heterocycles. The third kappa shape index (κ3) is 60.8. The average molecular weight is 2150 g/mol. The van der Waals surface area contributed by atoms with Crippen LogP contribution in [-0.2, 0) is 142 Å². The maximum Gasteiger partial charge on any atom is 1.00 e. The molecule has 0 fully saturated rings. The summed E-state index contributed by atoms with van der Waals surface area (Å²) >= 11 is 9.08. The van der Waals surface area contributed by atoms with Crippen molar-refractivity contribution in [3.63, 3.8) is 0 Å². The minimum absolute atomic E-state index is 0. The Kier molecular flexibility index (Phi) is 89.3. The van der Waals surface area contributed by atoms with Gasteiger partial charge in [-0.3, -0.25) is 49.1 Å². The van der Waals surface area contributed by atoms with Gasteiger partial charge in [-0.15, -0.1) is 11.6 Å². The summed E-state index contributed by atoms with van der Waals surface area (Å²) in [5.41, 5.74) is 12.1. The number of esters is 6. The van der Waals surface area contributed by atoms with Crippen LogP contribution in [0.3, 0.4) is 0 Å². The Balaban J connectivity index is -0.000000376. The number of aromatic nitrogens is 4. The van der Waals surface area contributed by atoms with Crippen LogP contribution in [0.2, 0.25) is 0 Å². The topological polar surface area (TPSA) is 503 Å². The number of thiol groups is 1. The number of allylic oxidation sites excluding steroid dienone is 1. The number of carbonyl (C=O) groups is 9. The number of fused-ring (bicyclic) bond motifs is 2. The van der Waals surface area contributed by atoms with Crippen LogP contribution in [0.1, 0.15) is 165 Å². The number of aliphatic hydroxyl groups excluding tert-OH is 2. The minimum Gasteiger partial charge on any atom is -1.00 e. The number of aryl methyl sites for hydroxylation is 1. The monoisotopic (exact) mass is 2140 g/mol. The standard InChI is InChI=1S/C16H19ClN2O2.C16H20N2O3.C15H17N3O2.C11H17NO4.C9H12N2O2.C9H13NO.C7H7NO3.C6H11NO2.C5H7NO.C2H4O2.3CH4.BHNS.Cl2OS.K.H2O.H/c1-21-16(20)15-14(7-9-18-15)12-19(10-8-17)11-13-5-3-2-4-6-13;1-21-16(20)15-14(7-8-17-15)12-18(9-10-19)11-13-5-3-2-4-6-13;1-20-15(19)14-13-10-17(7-8-18(13)11-16-14)9-12-5-3-2-4-6-12;1-4-15-11(16-5-2)8-6-7-12-9(8)10(13)14-3;1-13-9(12)8-7-4-2-3-5-11(7)6-10-8;11-7-6-10-8-9-4-2-1-3-5-9;1-11-7(10)6-5(4-9)2-3-8-6;1-3-8-6(5-7)9-4-2;1-3-5(7)4-6-2;1-2(3)4;;;;1-2-3;1-4(2)3;;;/h2-6,9H,7-8,10-12H2,1H3;2-6,8,19H,7,9-12H2,1H3;2-6,11H,7-10H2,1H3;7,11H,4-6H2,1-3H3;6H,2-5H2,1H3;1-5,10-11H,6-8H2;3-4H,2H2,1H3;6H,3-4H2,1-2H3;3-4H2,1H3;1H3,(H,3,4);3*1H4;3H;;;1H2;/q;;;;;;;;;;;;;;;+1;;-1. The third-order valence-electron chi connectivity index (χ3n) is 19.0. The first kappa shape index (κ1) is 143. The van der Waals surface area contributed by atoms with Gasteiger partial charge in [0.25, 0.3) is 12.5 Å². The minimum atomic E-state index is -1.67. The normalized spacial score (nSPS) is 12.5. The molecule has 6 aromatic rings. The molecule has 0 atom stereocenters. The number of carboxylic acids is 1. The van der Waals surface area contributed by atoms with E-state index in [9.17, 15) is 43.5 Å². The molecular weight excluding hydrogens is 2000 g/mol. The van der Waals surface area contributed by atoms with Gasteiger partial charge in [-0.05, 0) is 80.4 Å². The SMILES string of the molecule is C.C.C.CC(=O)O.CCOC(C#N)OCC.CCOC(OCC)C1=C(C(=O)OC)N=CC1.COC(=O)C1=C(C=O)CC=N1.COC(=O)C1=C(CN(CCCl)Cc2ccccc2)CC=N1.COC(=O)C1=C(CN(CCO)Cc2ccccc2)CC=N1.COC(=O)c1ncn2c1CCCC2.COC(=O)c1ncn2c1CN(Cc1ccccc1)CC2.O.O=S(Cl)Cl.OCCNCc1ccccc1.[B]=NS.[C-]#[N+]CC(=O)CC.[H-].[K+]. The number of halogens is 3. The summed E-state index contributed by atoms with van der Waals surface area (Å²) in [6.07, 6.45) is 15.6. The molecule has 6 N–H and O–H groups in total. The number of hydrogen-bond acceptors (Lipinski definition) is 35. The van der Waals surface area contributed by atoms with Gasteiger partial charge in [0, 0.05) is 214 Å². The Bertz CT molecular complexity index is 4970. The van der Waals surface area contributed by atoms with E-state index in [0.29, 0.717) is 131 Å². The van der Waals surface area contributed by atoms with Crippen molar-refractivity contribution >= 4 is 141 Å². The molecular formula is C99H143BCl3KN15O24S2. The fourth-order valence-electron chi connectivity index (χ4n) is 12.7. The van der Waals surface area contributed by atoms with E-state index in [0.717, 1.165) is 107 Å². The zero-order valence-corrected chi connectivity index (χ0v) is 89.7. The molecule has 0 aliphatic carbocycles. The molecule has 0 saturated heterocycles. The van der Waals surface area contributed by atoms with Crippen molar-refractivity contribution in [3.05, 3.63) is 236 Å². The number of aliphatic carboxylic acids is 1. The third-order valence-corrected chi connectivity index (χ3v) is 19.2. The molecule has 6 aliphatic rings. The van der Waals surface area contributed by atoms with Gasteiger partial charge in [0.15, 0.2) is 29.1 Å². The fourth-order valence-corrected chi connectivity index (χ4v) is 12.9. The van der Waals surface area contributed by atoms with Crippen LogP contribution >= 0.6 is 45.8 Å². The van der Waals surface area contributed by atoms with Gasteiger partial charge >= 0.3 is 112 Å². The predicted octanol–water partition coefficient (Wildman–Crippen LogP) is 10.2. The molecule has 0 amide bonds. The first-order valence-corrected chi connectivity index (χ1v) is 47.9. The summed E-state index contributed by atoms with van der Waals surface area (Å²) in [5, 5.41) is 36.5.